The SMILES string of the molecule is COCCNc1nccc(N2CCN(c3cccc(CO)c3F)CC2)n1. The van der Waals surface area contributed by atoms with Crippen molar-refractivity contribution >= 4 is 17.5 Å². The summed E-state index contributed by atoms with van der Waals surface area (Å²) < 4.78 is 19.4. The van der Waals surface area contributed by atoms with Gasteiger partial charge < -0.3 is 25.0 Å². The predicted molar refractivity (Wildman–Crippen MR) is 99.1 cm³/mol. The number of rotatable bonds is 7. The molecule has 1 aromatic heterocycles. The number of anilines is 3. The number of nitrogens with zero attached hydrogens (tertiary/aromatic N) is 4. The number of hydrogen-bond donors (Lipinski definition) is 2. The van der Waals surface area contributed by atoms with Crippen molar-refractivity contribution in [3.8, 4) is 0 Å². The summed E-state index contributed by atoms with van der Waals surface area (Å²) >= 11 is 0. The van der Waals surface area contributed by atoms with Crippen molar-refractivity contribution in [2.75, 3.05) is 61.6 Å². The van der Waals surface area contributed by atoms with Crippen LogP contribution < -0.4 is 15.1 Å². The number of benzene rings is 1. The number of aliphatic hydroxyl groups excluding tert-OH is 1. The molecule has 2 aromatic rings. The third-order valence-corrected chi connectivity index (χ3v) is 4.40. The summed E-state index contributed by atoms with van der Waals surface area (Å²) in [6, 6.07) is 7.02. The van der Waals surface area contributed by atoms with Crippen LogP contribution in [0.4, 0.5) is 21.8 Å². The molecule has 26 heavy (non-hydrogen) atoms. The molecule has 2 heterocycles. The normalized spacial score (nSPS) is 14.6. The Morgan fingerprint density at radius 3 is 2.69 bits per heavy atom. The molecule has 1 aliphatic heterocycles. The molecule has 0 radical (unpaired) electrons. The molecular formula is C18H24FN5O2. The van der Waals surface area contributed by atoms with Crippen molar-refractivity contribution in [1.29, 1.82) is 0 Å². The summed E-state index contributed by atoms with van der Waals surface area (Å²) in [6.45, 7) is 3.78. The van der Waals surface area contributed by atoms with Gasteiger partial charge in [0.15, 0.2) is 5.82 Å². The van der Waals surface area contributed by atoms with Crippen molar-refractivity contribution in [1.82, 2.24) is 9.97 Å². The fraction of sp³-hybridized carbons (Fsp3) is 0.444. The van der Waals surface area contributed by atoms with E-state index >= 15 is 0 Å². The molecule has 8 heteroatoms. The summed E-state index contributed by atoms with van der Waals surface area (Å²) in [7, 11) is 1.65. The first kappa shape index (κ1) is 18.3. The molecule has 3 rings (SSSR count). The highest BCUT2D eigenvalue weighted by Crippen LogP contribution is 2.24. The highest BCUT2D eigenvalue weighted by atomic mass is 19.1. The Morgan fingerprint density at radius 2 is 1.96 bits per heavy atom. The largest absolute Gasteiger partial charge is 0.392 e. The van der Waals surface area contributed by atoms with Gasteiger partial charge in [0.05, 0.1) is 18.9 Å². The van der Waals surface area contributed by atoms with Crippen LogP contribution in [0.25, 0.3) is 0 Å². The fourth-order valence-electron chi connectivity index (χ4n) is 2.98. The Labute approximate surface area is 152 Å². The molecule has 0 atom stereocenters. The van der Waals surface area contributed by atoms with E-state index in [2.05, 4.69) is 20.2 Å². The molecule has 0 aliphatic carbocycles. The van der Waals surface area contributed by atoms with Crippen LogP contribution in [0.15, 0.2) is 30.5 Å². The maximum atomic E-state index is 14.4. The predicted octanol–water partition coefficient (Wildman–Crippen LogP) is 1.49. The molecule has 1 fully saturated rings. The topological polar surface area (TPSA) is 73.8 Å². The van der Waals surface area contributed by atoms with Crippen molar-refractivity contribution in [3.05, 3.63) is 41.8 Å². The Balaban J connectivity index is 1.63. The van der Waals surface area contributed by atoms with Crippen molar-refractivity contribution in [2.45, 2.75) is 6.61 Å². The first-order valence-corrected chi connectivity index (χ1v) is 8.67. The van der Waals surface area contributed by atoms with Crippen LogP contribution in [-0.4, -0.2) is 61.5 Å². The third-order valence-electron chi connectivity index (χ3n) is 4.40. The van der Waals surface area contributed by atoms with E-state index in [9.17, 15) is 9.50 Å². The Morgan fingerprint density at radius 1 is 1.19 bits per heavy atom. The molecule has 7 nitrogen and oxygen atoms in total. The van der Waals surface area contributed by atoms with Crippen molar-refractivity contribution in [2.24, 2.45) is 0 Å². The van der Waals surface area contributed by atoms with Crippen molar-refractivity contribution < 1.29 is 14.2 Å². The van der Waals surface area contributed by atoms with E-state index in [1.165, 1.54) is 0 Å². The second kappa shape index (κ2) is 8.77. The lowest BCUT2D eigenvalue weighted by Crippen LogP contribution is -2.47. The van der Waals surface area contributed by atoms with Gasteiger partial charge in [-0.3, -0.25) is 0 Å². The van der Waals surface area contributed by atoms with Crippen LogP contribution in [0.2, 0.25) is 0 Å². The molecular weight excluding hydrogens is 337 g/mol. The van der Waals surface area contributed by atoms with E-state index in [-0.39, 0.29) is 12.4 Å². The maximum Gasteiger partial charge on any atom is 0.224 e. The van der Waals surface area contributed by atoms with Crippen LogP contribution in [-0.2, 0) is 11.3 Å². The van der Waals surface area contributed by atoms with Gasteiger partial charge in [-0.1, -0.05) is 12.1 Å². The zero-order chi connectivity index (χ0) is 18.4. The van der Waals surface area contributed by atoms with Gasteiger partial charge in [-0.2, -0.15) is 4.98 Å². The van der Waals surface area contributed by atoms with E-state index in [0.717, 1.165) is 18.9 Å². The Hall–Kier alpha value is -2.45. The molecule has 0 amide bonds. The number of aromatic nitrogens is 2. The van der Waals surface area contributed by atoms with Gasteiger partial charge in [0.25, 0.3) is 0 Å². The van der Waals surface area contributed by atoms with E-state index in [4.69, 9.17) is 4.74 Å². The third kappa shape index (κ3) is 4.20. The smallest absolute Gasteiger partial charge is 0.224 e. The summed E-state index contributed by atoms with van der Waals surface area (Å²) in [5.41, 5.74) is 0.869. The van der Waals surface area contributed by atoms with Gasteiger partial charge in [0.2, 0.25) is 5.95 Å². The minimum atomic E-state index is -0.338. The van der Waals surface area contributed by atoms with Crippen LogP contribution >= 0.6 is 0 Å². The van der Waals surface area contributed by atoms with Crippen LogP contribution in [0, 0.1) is 5.82 Å². The van der Waals surface area contributed by atoms with Gasteiger partial charge in [0.1, 0.15) is 5.82 Å². The highest BCUT2D eigenvalue weighted by Gasteiger charge is 2.21. The maximum absolute atomic E-state index is 14.4. The van der Waals surface area contributed by atoms with Gasteiger partial charge in [-0.25, -0.2) is 9.37 Å². The molecule has 0 bridgehead atoms. The number of methoxy groups -OCH3 is 1. The Kier molecular flexibility index (Phi) is 6.19. The van der Waals surface area contributed by atoms with E-state index in [1.54, 1.807) is 31.5 Å². The minimum absolute atomic E-state index is 0.292. The van der Waals surface area contributed by atoms with E-state index in [1.807, 2.05) is 11.0 Å². The zero-order valence-electron chi connectivity index (χ0n) is 14.9. The second-order valence-electron chi connectivity index (χ2n) is 6.04. The summed E-state index contributed by atoms with van der Waals surface area (Å²) in [6.07, 6.45) is 1.73. The summed E-state index contributed by atoms with van der Waals surface area (Å²) in [4.78, 5) is 12.9. The second-order valence-corrected chi connectivity index (χ2v) is 6.04. The molecule has 0 saturated carbocycles. The molecule has 140 valence electrons. The Bertz CT molecular complexity index is 722. The number of halogens is 1. The number of hydrogen-bond acceptors (Lipinski definition) is 7. The van der Waals surface area contributed by atoms with Crippen LogP contribution in [0.3, 0.4) is 0 Å². The first-order valence-electron chi connectivity index (χ1n) is 8.67. The molecule has 1 saturated heterocycles. The number of nitrogens with one attached hydrogen (secondary N) is 1. The average Bonchev–Trinajstić information content (AvgIpc) is 2.69. The van der Waals surface area contributed by atoms with Gasteiger partial charge in [-0.15, -0.1) is 0 Å². The monoisotopic (exact) mass is 361 g/mol. The molecule has 1 aromatic carbocycles. The lowest BCUT2D eigenvalue weighted by molar-refractivity contribution is 0.210. The quantitative estimate of drug-likeness (QED) is 0.724. The minimum Gasteiger partial charge on any atom is -0.392 e. The number of ether oxygens (including phenoxy) is 1. The highest BCUT2D eigenvalue weighted by molar-refractivity contribution is 5.52. The average molecular weight is 361 g/mol. The van der Waals surface area contributed by atoms with E-state index in [0.29, 0.717) is 43.4 Å². The number of aliphatic hydroxyl groups is 1. The van der Waals surface area contributed by atoms with E-state index < -0.39 is 0 Å². The standard InChI is InChI=1S/C18H24FN5O2/c1-26-12-7-21-18-20-6-5-16(22-18)24-10-8-23(9-11-24)15-4-2-3-14(13-25)17(15)19/h2-6,25H,7-13H2,1H3,(H,20,21,22). The van der Waals surface area contributed by atoms with Crippen LogP contribution in [0.5, 0.6) is 0 Å². The first-order chi connectivity index (χ1) is 12.7. The lowest BCUT2D eigenvalue weighted by Gasteiger charge is -2.37. The molecule has 0 unspecified atom stereocenters. The molecule has 0 spiro atoms. The van der Waals surface area contributed by atoms with Gasteiger partial charge in [-0.05, 0) is 12.1 Å². The van der Waals surface area contributed by atoms with Gasteiger partial charge in [0, 0.05) is 51.6 Å². The molecule has 1 aliphatic rings. The van der Waals surface area contributed by atoms with Crippen LogP contribution in [0.1, 0.15) is 5.56 Å². The number of piperazine rings is 1. The zero-order valence-corrected chi connectivity index (χ0v) is 14.9. The van der Waals surface area contributed by atoms with Gasteiger partial charge >= 0.3 is 0 Å². The summed E-state index contributed by atoms with van der Waals surface area (Å²) in [5, 5.41) is 12.4. The molecule has 2 N–H and O–H groups in total. The fourth-order valence-corrected chi connectivity index (χ4v) is 2.98. The van der Waals surface area contributed by atoms with Crippen molar-refractivity contribution in [3.63, 3.8) is 0 Å². The summed E-state index contributed by atoms with van der Waals surface area (Å²) in [5.74, 6) is 1.09. The lowest BCUT2D eigenvalue weighted by atomic mass is 10.1.